The minimum absolute atomic E-state index is 0.00832. The Labute approximate surface area is 85.6 Å². The Kier molecular flexibility index (Phi) is 3.03. The molecular formula is C10H9IO. The molecule has 2 heteroatoms. The normalized spacial score (nSPS) is 9.50. The van der Waals surface area contributed by atoms with Gasteiger partial charge in [0, 0.05) is 9.13 Å². The Morgan fingerprint density at radius 3 is 2.83 bits per heavy atom. The first-order valence-corrected chi connectivity index (χ1v) is 4.66. The summed E-state index contributed by atoms with van der Waals surface area (Å²) in [4.78, 5) is 11.3. The third kappa shape index (κ3) is 1.75. The van der Waals surface area contributed by atoms with Crippen LogP contribution < -0.4 is 0 Å². The predicted octanol–water partition coefficient (Wildman–Crippen LogP) is 2.97. The minimum atomic E-state index is -0.00832. The number of carbonyl (C=O) groups excluding carboxylic acids is 1. The topological polar surface area (TPSA) is 17.1 Å². The highest BCUT2D eigenvalue weighted by atomic mass is 127. The van der Waals surface area contributed by atoms with Crippen LogP contribution in [0.2, 0.25) is 0 Å². The molecule has 0 amide bonds. The molecule has 1 aromatic carbocycles. The van der Waals surface area contributed by atoms with Crippen LogP contribution in [0, 0.1) is 10.5 Å². The average Bonchev–Trinajstić information content (AvgIpc) is 2.08. The lowest BCUT2D eigenvalue weighted by Crippen LogP contribution is -1.98. The Hall–Kier alpha value is -0.640. The lowest BCUT2D eigenvalue weighted by atomic mass is 10.1. The van der Waals surface area contributed by atoms with Crippen molar-refractivity contribution in [2.24, 2.45) is 0 Å². The van der Waals surface area contributed by atoms with E-state index in [-0.39, 0.29) is 5.78 Å². The Balaban J connectivity index is 3.25. The maximum absolute atomic E-state index is 11.3. The second kappa shape index (κ2) is 3.85. The fourth-order valence-corrected chi connectivity index (χ4v) is 1.48. The van der Waals surface area contributed by atoms with Crippen molar-refractivity contribution in [2.75, 3.05) is 0 Å². The highest BCUT2D eigenvalue weighted by Gasteiger charge is 2.06. The molecule has 0 aliphatic rings. The Bertz CT molecular complexity index is 329. The van der Waals surface area contributed by atoms with Crippen LogP contribution in [-0.4, -0.2) is 5.78 Å². The number of rotatable bonds is 2. The standard InChI is InChI=1S/C10H9IO/c1-3-10(12)8-5-4-6-9(11)7(8)2/h3-6H,1H2,2H3. The van der Waals surface area contributed by atoms with E-state index in [0.717, 1.165) is 14.7 Å². The molecule has 0 fully saturated rings. The summed E-state index contributed by atoms with van der Waals surface area (Å²) in [6.45, 7) is 5.40. The first-order valence-electron chi connectivity index (χ1n) is 3.58. The molecule has 0 spiro atoms. The van der Waals surface area contributed by atoms with Gasteiger partial charge in [-0.25, -0.2) is 0 Å². The van der Waals surface area contributed by atoms with Gasteiger partial charge in [-0.15, -0.1) is 0 Å². The monoisotopic (exact) mass is 272 g/mol. The largest absolute Gasteiger partial charge is 0.289 e. The van der Waals surface area contributed by atoms with Gasteiger partial charge < -0.3 is 0 Å². The van der Waals surface area contributed by atoms with Crippen molar-refractivity contribution in [1.82, 2.24) is 0 Å². The van der Waals surface area contributed by atoms with E-state index in [9.17, 15) is 4.79 Å². The summed E-state index contributed by atoms with van der Waals surface area (Å²) >= 11 is 2.21. The first kappa shape index (κ1) is 9.45. The van der Waals surface area contributed by atoms with Crippen LogP contribution in [-0.2, 0) is 0 Å². The number of carbonyl (C=O) groups is 1. The predicted molar refractivity (Wildman–Crippen MR) is 58.4 cm³/mol. The fourth-order valence-electron chi connectivity index (χ4n) is 0.984. The molecule has 0 bridgehead atoms. The van der Waals surface area contributed by atoms with Crippen LogP contribution in [0.25, 0.3) is 0 Å². The van der Waals surface area contributed by atoms with Gasteiger partial charge in [0.2, 0.25) is 0 Å². The lowest BCUT2D eigenvalue weighted by molar-refractivity contribution is 0.104. The number of ketones is 1. The molecular weight excluding hydrogens is 263 g/mol. The quantitative estimate of drug-likeness (QED) is 0.459. The molecule has 1 rings (SSSR count). The lowest BCUT2D eigenvalue weighted by Gasteiger charge is -2.02. The van der Waals surface area contributed by atoms with Gasteiger partial charge in [0.25, 0.3) is 0 Å². The molecule has 0 N–H and O–H groups in total. The van der Waals surface area contributed by atoms with Gasteiger partial charge in [-0.3, -0.25) is 4.79 Å². The Morgan fingerprint density at radius 2 is 2.25 bits per heavy atom. The number of hydrogen-bond donors (Lipinski definition) is 0. The van der Waals surface area contributed by atoms with Crippen molar-refractivity contribution in [3.63, 3.8) is 0 Å². The number of hydrogen-bond acceptors (Lipinski definition) is 1. The molecule has 0 heterocycles. The molecule has 0 aliphatic heterocycles. The molecule has 1 aromatic rings. The van der Waals surface area contributed by atoms with Gasteiger partial charge in [-0.05, 0) is 47.2 Å². The second-order valence-electron chi connectivity index (χ2n) is 2.48. The van der Waals surface area contributed by atoms with Crippen LogP contribution in [0.5, 0.6) is 0 Å². The zero-order valence-corrected chi connectivity index (χ0v) is 8.96. The third-order valence-electron chi connectivity index (χ3n) is 1.72. The van der Waals surface area contributed by atoms with Gasteiger partial charge in [0.15, 0.2) is 5.78 Å². The van der Waals surface area contributed by atoms with E-state index in [1.165, 1.54) is 6.08 Å². The first-order chi connectivity index (χ1) is 5.66. The highest BCUT2D eigenvalue weighted by molar-refractivity contribution is 14.1. The van der Waals surface area contributed by atoms with Crippen molar-refractivity contribution in [3.05, 3.63) is 45.6 Å². The molecule has 0 radical (unpaired) electrons. The van der Waals surface area contributed by atoms with Crippen molar-refractivity contribution in [3.8, 4) is 0 Å². The summed E-state index contributed by atoms with van der Waals surface area (Å²) in [7, 11) is 0. The zero-order valence-electron chi connectivity index (χ0n) is 6.80. The van der Waals surface area contributed by atoms with E-state index >= 15 is 0 Å². The Morgan fingerprint density at radius 1 is 1.58 bits per heavy atom. The zero-order chi connectivity index (χ0) is 9.14. The van der Waals surface area contributed by atoms with Crippen LogP contribution in [0.1, 0.15) is 15.9 Å². The van der Waals surface area contributed by atoms with Crippen molar-refractivity contribution >= 4 is 28.4 Å². The summed E-state index contributed by atoms with van der Waals surface area (Å²) in [6, 6.07) is 5.68. The molecule has 0 unspecified atom stereocenters. The summed E-state index contributed by atoms with van der Waals surface area (Å²) < 4.78 is 1.11. The van der Waals surface area contributed by atoms with Gasteiger partial charge >= 0.3 is 0 Å². The number of allylic oxidation sites excluding steroid dienone is 1. The minimum Gasteiger partial charge on any atom is -0.289 e. The average molecular weight is 272 g/mol. The molecule has 12 heavy (non-hydrogen) atoms. The van der Waals surface area contributed by atoms with Gasteiger partial charge in [-0.2, -0.15) is 0 Å². The summed E-state index contributed by atoms with van der Waals surface area (Å²) in [5, 5.41) is 0. The molecule has 0 saturated heterocycles. The van der Waals surface area contributed by atoms with Crippen LogP contribution in [0.15, 0.2) is 30.9 Å². The maximum Gasteiger partial charge on any atom is 0.185 e. The van der Waals surface area contributed by atoms with Crippen LogP contribution in [0.4, 0.5) is 0 Å². The summed E-state index contributed by atoms with van der Waals surface area (Å²) in [5.74, 6) is -0.00832. The number of benzene rings is 1. The third-order valence-corrected chi connectivity index (χ3v) is 2.89. The van der Waals surface area contributed by atoms with E-state index in [1.807, 2.05) is 25.1 Å². The molecule has 1 nitrogen and oxygen atoms in total. The van der Waals surface area contributed by atoms with E-state index in [2.05, 4.69) is 29.2 Å². The molecule has 0 saturated carbocycles. The van der Waals surface area contributed by atoms with Crippen molar-refractivity contribution < 1.29 is 4.79 Å². The molecule has 62 valence electrons. The van der Waals surface area contributed by atoms with Gasteiger partial charge in [0.05, 0.1) is 0 Å². The van der Waals surface area contributed by atoms with E-state index in [0.29, 0.717) is 0 Å². The van der Waals surface area contributed by atoms with E-state index < -0.39 is 0 Å². The summed E-state index contributed by atoms with van der Waals surface area (Å²) in [6.07, 6.45) is 1.35. The second-order valence-corrected chi connectivity index (χ2v) is 3.64. The number of halogens is 1. The maximum atomic E-state index is 11.3. The van der Waals surface area contributed by atoms with E-state index in [1.54, 1.807) is 0 Å². The fraction of sp³-hybridized carbons (Fsp3) is 0.100. The SMILES string of the molecule is C=CC(=O)c1cccc(I)c1C. The van der Waals surface area contributed by atoms with Crippen molar-refractivity contribution in [1.29, 1.82) is 0 Å². The van der Waals surface area contributed by atoms with Crippen molar-refractivity contribution in [2.45, 2.75) is 6.92 Å². The van der Waals surface area contributed by atoms with Crippen LogP contribution >= 0.6 is 22.6 Å². The summed E-state index contributed by atoms with van der Waals surface area (Å²) in [5.41, 5.74) is 1.78. The molecule has 0 aliphatic carbocycles. The van der Waals surface area contributed by atoms with E-state index in [4.69, 9.17) is 0 Å². The smallest absolute Gasteiger partial charge is 0.185 e. The molecule has 0 atom stereocenters. The highest BCUT2D eigenvalue weighted by Crippen LogP contribution is 2.16. The van der Waals surface area contributed by atoms with Gasteiger partial charge in [-0.1, -0.05) is 18.7 Å². The molecule has 0 aromatic heterocycles. The van der Waals surface area contributed by atoms with Crippen LogP contribution in [0.3, 0.4) is 0 Å². The van der Waals surface area contributed by atoms with Gasteiger partial charge in [0.1, 0.15) is 0 Å².